The molecule has 1 aromatic carbocycles. The second-order valence-electron chi connectivity index (χ2n) is 4.60. The number of nitrogens with one attached hydrogen (secondary N) is 1. The fourth-order valence-electron chi connectivity index (χ4n) is 1.95. The zero-order valence-electron chi connectivity index (χ0n) is 11.7. The number of rotatable bonds is 4. The summed E-state index contributed by atoms with van der Waals surface area (Å²) in [6.45, 7) is 0. The van der Waals surface area contributed by atoms with Crippen LogP contribution in [0.5, 0.6) is 0 Å². The number of benzene rings is 1. The third-order valence-corrected chi connectivity index (χ3v) is 2.99. The Bertz CT molecular complexity index is 812. The molecule has 0 aliphatic carbocycles. The number of aryl methyl sites for hydroxylation is 1. The molecule has 3 aromatic rings. The monoisotopic (exact) mass is 296 g/mol. The van der Waals surface area contributed by atoms with Gasteiger partial charge in [0.05, 0.1) is 22.5 Å². The number of hydrogen-bond acceptors (Lipinski definition) is 6. The maximum atomic E-state index is 10.7. The Morgan fingerprint density at radius 1 is 1.23 bits per heavy atom. The lowest BCUT2D eigenvalue weighted by Crippen LogP contribution is -1.97. The number of anilines is 2. The van der Waals surface area contributed by atoms with Crippen molar-refractivity contribution < 1.29 is 4.92 Å². The van der Waals surface area contributed by atoms with Crippen LogP contribution in [0.4, 0.5) is 17.3 Å². The van der Waals surface area contributed by atoms with E-state index in [2.05, 4.69) is 20.4 Å². The van der Waals surface area contributed by atoms with E-state index in [1.807, 2.05) is 13.2 Å². The molecule has 1 N–H and O–H groups in total. The Morgan fingerprint density at radius 3 is 2.64 bits per heavy atom. The van der Waals surface area contributed by atoms with Gasteiger partial charge >= 0.3 is 0 Å². The summed E-state index contributed by atoms with van der Waals surface area (Å²) < 4.78 is 1.67. The first-order valence-corrected chi connectivity index (χ1v) is 6.45. The summed E-state index contributed by atoms with van der Waals surface area (Å²) in [5.41, 5.74) is 2.29. The normalized spacial score (nSPS) is 10.4. The van der Waals surface area contributed by atoms with Gasteiger partial charge in [-0.2, -0.15) is 5.10 Å². The van der Waals surface area contributed by atoms with E-state index in [0.717, 1.165) is 11.3 Å². The van der Waals surface area contributed by atoms with Crippen LogP contribution < -0.4 is 5.32 Å². The van der Waals surface area contributed by atoms with E-state index in [4.69, 9.17) is 0 Å². The minimum Gasteiger partial charge on any atom is -0.321 e. The van der Waals surface area contributed by atoms with Crippen LogP contribution >= 0.6 is 0 Å². The van der Waals surface area contributed by atoms with Gasteiger partial charge in [0.1, 0.15) is 0 Å². The number of nitrogens with zero attached hydrogens (tertiary/aromatic N) is 5. The van der Waals surface area contributed by atoms with Crippen LogP contribution in [0, 0.1) is 10.1 Å². The van der Waals surface area contributed by atoms with E-state index in [1.54, 1.807) is 35.3 Å². The molecule has 0 fully saturated rings. The van der Waals surface area contributed by atoms with Gasteiger partial charge in [-0.25, -0.2) is 9.97 Å². The molecule has 0 bridgehead atoms. The lowest BCUT2D eigenvalue weighted by atomic mass is 10.1. The SMILES string of the molecule is Cn1cc(Nc2nccc(-c3ccc([N+](=O)[O-])cc3)n2)cn1. The predicted molar refractivity (Wildman–Crippen MR) is 80.6 cm³/mol. The van der Waals surface area contributed by atoms with Crippen LogP contribution in [0.3, 0.4) is 0 Å². The van der Waals surface area contributed by atoms with E-state index >= 15 is 0 Å². The lowest BCUT2D eigenvalue weighted by molar-refractivity contribution is -0.384. The maximum Gasteiger partial charge on any atom is 0.269 e. The molecule has 0 amide bonds. The maximum absolute atomic E-state index is 10.7. The molecule has 0 saturated carbocycles. The first-order valence-electron chi connectivity index (χ1n) is 6.45. The molecular formula is C14H12N6O2. The third-order valence-electron chi connectivity index (χ3n) is 2.99. The molecule has 2 aromatic heterocycles. The molecule has 8 heteroatoms. The molecule has 0 atom stereocenters. The Kier molecular flexibility index (Phi) is 3.48. The quantitative estimate of drug-likeness (QED) is 0.586. The van der Waals surface area contributed by atoms with Gasteiger partial charge in [-0.1, -0.05) is 0 Å². The highest BCUT2D eigenvalue weighted by molar-refractivity contribution is 5.62. The molecule has 0 saturated heterocycles. The summed E-state index contributed by atoms with van der Waals surface area (Å²) in [6.07, 6.45) is 5.10. The van der Waals surface area contributed by atoms with Crippen LogP contribution in [-0.2, 0) is 7.05 Å². The van der Waals surface area contributed by atoms with Gasteiger partial charge in [-0.15, -0.1) is 0 Å². The van der Waals surface area contributed by atoms with Crippen molar-refractivity contribution in [2.45, 2.75) is 0 Å². The van der Waals surface area contributed by atoms with E-state index in [1.165, 1.54) is 12.1 Å². The highest BCUT2D eigenvalue weighted by Gasteiger charge is 2.07. The average Bonchev–Trinajstić information content (AvgIpc) is 2.93. The fraction of sp³-hybridized carbons (Fsp3) is 0.0714. The second-order valence-corrected chi connectivity index (χ2v) is 4.60. The van der Waals surface area contributed by atoms with Gasteiger partial charge in [0.25, 0.3) is 5.69 Å². The minimum absolute atomic E-state index is 0.0477. The van der Waals surface area contributed by atoms with Crippen LogP contribution in [0.15, 0.2) is 48.9 Å². The Hall–Kier alpha value is -3.29. The lowest BCUT2D eigenvalue weighted by Gasteiger charge is -2.04. The summed E-state index contributed by atoms with van der Waals surface area (Å²) >= 11 is 0. The summed E-state index contributed by atoms with van der Waals surface area (Å²) in [4.78, 5) is 18.8. The molecule has 8 nitrogen and oxygen atoms in total. The number of hydrogen-bond donors (Lipinski definition) is 1. The van der Waals surface area contributed by atoms with Crippen molar-refractivity contribution in [2.75, 3.05) is 5.32 Å². The van der Waals surface area contributed by atoms with Crippen molar-refractivity contribution in [3.63, 3.8) is 0 Å². The topological polar surface area (TPSA) is 98.8 Å². The number of aromatic nitrogens is 4. The van der Waals surface area contributed by atoms with Crippen molar-refractivity contribution in [2.24, 2.45) is 7.05 Å². The second kappa shape index (κ2) is 5.60. The highest BCUT2D eigenvalue weighted by Crippen LogP contribution is 2.22. The van der Waals surface area contributed by atoms with E-state index in [9.17, 15) is 10.1 Å². The van der Waals surface area contributed by atoms with Crippen molar-refractivity contribution in [1.82, 2.24) is 19.7 Å². The summed E-state index contributed by atoms with van der Waals surface area (Å²) in [5, 5.41) is 17.8. The molecule has 0 unspecified atom stereocenters. The van der Waals surface area contributed by atoms with Crippen molar-refractivity contribution >= 4 is 17.3 Å². The molecule has 22 heavy (non-hydrogen) atoms. The molecule has 110 valence electrons. The summed E-state index contributed by atoms with van der Waals surface area (Å²) in [6, 6.07) is 7.97. The van der Waals surface area contributed by atoms with Gasteiger partial charge in [0.2, 0.25) is 5.95 Å². The molecule has 0 spiro atoms. The van der Waals surface area contributed by atoms with Gasteiger partial charge in [-0.3, -0.25) is 14.8 Å². The van der Waals surface area contributed by atoms with Crippen molar-refractivity contribution in [1.29, 1.82) is 0 Å². The third kappa shape index (κ3) is 2.90. The zero-order valence-corrected chi connectivity index (χ0v) is 11.7. The first kappa shape index (κ1) is 13.7. The van der Waals surface area contributed by atoms with Crippen LogP contribution in [0.1, 0.15) is 0 Å². The van der Waals surface area contributed by atoms with Crippen LogP contribution in [0.2, 0.25) is 0 Å². The van der Waals surface area contributed by atoms with Crippen molar-refractivity contribution in [3.8, 4) is 11.3 Å². The standard InChI is InChI=1S/C14H12N6O2/c1-19-9-11(8-16-19)17-14-15-7-6-13(18-14)10-2-4-12(5-3-10)20(21)22/h2-9H,1H3,(H,15,17,18). The highest BCUT2D eigenvalue weighted by atomic mass is 16.6. The zero-order chi connectivity index (χ0) is 15.5. The largest absolute Gasteiger partial charge is 0.321 e. The average molecular weight is 296 g/mol. The van der Waals surface area contributed by atoms with E-state index < -0.39 is 4.92 Å². The van der Waals surface area contributed by atoms with Crippen molar-refractivity contribution in [3.05, 3.63) is 59.0 Å². The predicted octanol–water partition coefficient (Wildman–Crippen LogP) is 2.53. The molecule has 0 aliphatic heterocycles. The molecule has 0 aliphatic rings. The Morgan fingerprint density at radius 2 is 2.00 bits per heavy atom. The molecule has 2 heterocycles. The van der Waals surface area contributed by atoms with Gasteiger partial charge in [0, 0.05) is 37.1 Å². The fourth-order valence-corrected chi connectivity index (χ4v) is 1.95. The van der Waals surface area contributed by atoms with E-state index in [-0.39, 0.29) is 5.69 Å². The number of nitro groups is 1. The number of nitro benzene ring substituents is 1. The molecule has 0 radical (unpaired) electrons. The van der Waals surface area contributed by atoms with E-state index in [0.29, 0.717) is 11.6 Å². The van der Waals surface area contributed by atoms with Crippen LogP contribution in [-0.4, -0.2) is 24.7 Å². The Balaban J connectivity index is 1.85. The van der Waals surface area contributed by atoms with Gasteiger partial charge in [0.15, 0.2) is 0 Å². The summed E-state index contributed by atoms with van der Waals surface area (Å²) in [7, 11) is 1.82. The van der Waals surface area contributed by atoms with Gasteiger partial charge in [-0.05, 0) is 18.2 Å². The molecular weight excluding hydrogens is 284 g/mol. The molecule has 3 rings (SSSR count). The minimum atomic E-state index is -0.431. The first-order chi connectivity index (χ1) is 10.6. The Labute approximate surface area is 125 Å². The van der Waals surface area contributed by atoms with Gasteiger partial charge < -0.3 is 5.32 Å². The summed E-state index contributed by atoms with van der Waals surface area (Å²) in [5.74, 6) is 0.434. The van der Waals surface area contributed by atoms with Crippen LogP contribution in [0.25, 0.3) is 11.3 Å². The number of non-ortho nitro benzene ring substituents is 1. The smallest absolute Gasteiger partial charge is 0.269 e.